The zero-order valence-corrected chi connectivity index (χ0v) is 16.5. The molecule has 0 radical (unpaired) electrons. The van der Waals surface area contributed by atoms with Gasteiger partial charge in [-0.2, -0.15) is 5.48 Å². The second-order valence-electron chi connectivity index (χ2n) is 5.79. The lowest BCUT2D eigenvalue weighted by Crippen LogP contribution is -2.22. The van der Waals surface area contributed by atoms with Gasteiger partial charge in [0.1, 0.15) is 10.2 Å². The Morgan fingerprint density at radius 1 is 1.15 bits per heavy atom. The highest BCUT2D eigenvalue weighted by Crippen LogP contribution is 2.15. The topological polar surface area (TPSA) is 47.6 Å². The second-order valence-corrected chi connectivity index (χ2v) is 6.64. The molecule has 2 aromatic rings. The van der Waals surface area contributed by atoms with E-state index in [2.05, 4.69) is 28.3 Å². The summed E-state index contributed by atoms with van der Waals surface area (Å²) in [6, 6.07) is 17.6. The quantitative estimate of drug-likeness (QED) is 0.339. The molecule has 0 fully saturated rings. The Bertz CT molecular complexity index is 716. The van der Waals surface area contributed by atoms with Gasteiger partial charge in [0.05, 0.1) is 6.61 Å². The fraction of sp³-hybridized carbons (Fsp3) is 0.286. The summed E-state index contributed by atoms with van der Waals surface area (Å²) in [6.45, 7) is 3.40. The summed E-state index contributed by atoms with van der Waals surface area (Å²) in [5.74, 6) is 0.423. The van der Waals surface area contributed by atoms with Crippen molar-refractivity contribution >= 4 is 28.0 Å². The van der Waals surface area contributed by atoms with Crippen molar-refractivity contribution in [2.75, 3.05) is 13.2 Å². The molecule has 0 aliphatic heterocycles. The molecule has 0 aromatic heterocycles. The van der Waals surface area contributed by atoms with Crippen LogP contribution in [0.25, 0.3) is 6.08 Å². The van der Waals surface area contributed by atoms with Crippen LogP contribution in [0, 0.1) is 0 Å². The van der Waals surface area contributed by atoms with Crippen molar-refractivity contribution in [2.24, 2.45) is 0 Å². The third kappa shape index (κ3) is 7.42. The van der Waals surface area contributed by atoms with Crippen LogP contribution in [0.5, 0.6) is 5.75 Å². The van der Waals surface area contributed by atoms with Gasteiger partial charge in [0.15, 0.2) is 0 Å². The van der Waals surface area contributed by atoms with E-state index in [1.165, 1.54) is 0 Å². The van der Waals surface area contributed by atoms with Gasteiger partial charge in [0, 0.05) is 6.54 Å². The van der Waals surface area contributed by atoms with Crippen LogP contribution in [0.2, 0.25) is 0 Å². The molecule has 4 nitrogen and oxygen atoms in total. The average molecular weight is 418 g/mol. The highest BCUT2D eigenvalue weighted by atomic mass is 79.9. The number of hydrogen-bond donors (Lipinski definition) is 1. The predicted molar refractivity (Wildman–Crippen MR) is 108 cm³/mol. The number of carbonyl (C=O) groups excluding carboxylic acids is 1. The molecule has 0 atom stereocenters. The maximum Gasteiger partial charge on any atom is 0.363 e. The average Bonchev–Trinajstić information content (AvgIpc) is 2.66. The molecule has 0 unspecified atom stereocenters. The summed E-state index contributed by atoms with van der Waals surface area (Å²) in [4.78, 5) is 17.0. The summed E-state index contributed by atoms with van der Waals surface area (Å²) in [5, 5.41) is 0. The molecular formula is C21H24BrNO3. The van der Waals surface area contributed by atoms with E-state index in [1.54, 1.807) is 6.08 Å². The summed E-state index contributed by atoms with van der Waals surface area (Å²) >= 11 is 3.25. The van der Waals surface area contributed by atoms with Crippen LogP contribution in [0.15, 0.2) is 59.1 Å². The smallest absolute Gasteiger partial charge is 0.363 e. The summed E-state index contributed by atoms with van der Waals surface area (Å²) < 4.78 is 6.06. The van der Waals surface area contributed by atoms with Crippen LogP contribution in [-0.2, 0) is 16.1 Å². The summed E-state index contributed by atoms with van der Waals surface area (Å²) in [7, 11) is 0. The molecule has 0 heterocycles. The predicted octanol–water partition coefficient (Wildman–Crippen LogP) is 4.89. The number of unbranched alkanes of at least 4 members (excludes halogenated alkanes) is 1. The molecule has 0 saturated carbocycles. The Hall–Kier alpha value is -2.11. The Balaban J connectivity index is 1.73. The van der Waals surface area contributed by atoms with E-state index in [1.807, 2.05) is 54.6 Å². The first-order valence-electron chi connectivity index (χ1n) is 8.77. The number of hydroxylamine groups is 1. The molecule has 0 aliphatic rings. The number of rotatable bonds is 10. The van der Waals surface area contributed by atoms with Gasteiger partial charge in [0.25, 0.3) is 0 Å². The highest BCUT2D eigenvalue weighted by molar-refractivity contribution is 9.12. The second kappa shape index (κ2) is 11.5. The molecule has 0 saturated heterocycles. The van der Waals surface area contributed by atoms with Gasteiger partial charge in [-0.25, -0.2) is 4.79 Å². The first-order valence-corrected chi connectivity index (χ1v) is 9.56. The zero-order valence-electron chi connectivity index (χ0n) is 14.9. The van der Waals surface area contributed by atoms with Crippen molar-refractivity contribution in [3.05, 3.63) is 70.2 Å². The van der Waals surface area contributed by atoms with Crippen LogP contribution < -0.4 is 10.2 Å². The first kappa shape index (κ1) is 20.2. The van der Waals surface area contributed by atoms with Crippen LogP contribution in [0.1, 0.15) is 30.9 Å². The van der Waals surface area contributed by atoms with Crippen molar-refractivity contribution in [3.8, 4) is 5.75 Å². The number of carbonyl (C=O) groups is 1. The van der Waals surface area contributed by atoms with Gasteiger partial charge in [-0.1, -0.05) is 55.8 Å². The molecule has 2 rings (SSSR count). The van der Waals surface area contributed by atoms with Crippen molar-refractivity contribution in [1.29, 1.82) is 0 Å². The zero-order chi connectivity index (χ0) is 18.6. The third-order valence-corrected chi connectivity index (χ3v) is 4.19. The lowest BCUT2D eigenvalue weighted by Gasteiger charge is -2.08. The van der Waals surface area contributed by atoms with Gasteiger partial charge >= 0.3 is 5.97 Å². The number of hydrogen-bond acceptors (Lipinski definition) is 4. The van der Waals surface area contributed by atoms with Crippen LogP contribution in [-0.4, -0.2) is 19.1 Å². The minimum Gasteiger partial charge on any atom is -0.494 e. The summed E-state index contributed by atoms with van der Waals surface area (Å²) in [6.07, 6.45) is 4.62. The minimum atomic E-state index is -0.453. The Kier molecular flexibility index (Phi) is 8.93. The number of nitrogens with one attached hydrogen (secondary N) is 1. The van der Waals surface area contributed by atoms with Gasteiger partial charge in [0.2, 0.25) is 0 Å². The monoisotopic (exact) mass is 417 g/mol. The van der Waals surface area contributed by atoms with Crippen molar-refractivity contribution < 1.29 is 14.4 Å². The van der Waals surface area contributed by atoms with E-state index in [0.29, 0.717) is 11.0 Å². The van der Waals surface area contributed by atoms with Crippen molar-refractivity contribution in [2.45, 2.75) is 26.2 Å². The number of benzene rings is 2. The molecule has 2 aromatic carbocycles. The molecule has 0 aliphatic carbocycles. The standard InChI is InChI=1S/C21H24BrNO3/c1-2-3-14-25-19-11-7-10-18(15-19)12-13-23-26-21(24)20(22)16-17-8-5-4-6-9-17/h4-11,15-16,23H,2-3,12-14H2,1H3. The fourth-order valence-corrected chi connectivity index (χ4v) is 2.59. The van der Waals surface area contributed by atoms with E-state index in [4.69, 9.17) is 9.57 Å². The van der Waals surface area contributed by atoms with Crippen LogP contribution >= 0.6 is 15.9 Å². The fourth-order valence-electron chi connectivity index (χ4n) is 2.24. The highest BCUT2D eigenvalue weighted by Gasteiger charge is 2.08. The molecular weight excluding hydrogens is 394 g/mol. The Labute approximate surface area is 163 Å². The number of ether oxygens (including phenoxy) is 1. The van der Waals surface area contributed by atoms with E-state index in [9.17, 15) is 4.79 Å². The molecule has 1 N–H and O–H groups in total. The largest absolute Gasteiger partial charge is 0.494 e. The first-order chi connectivity index (χ1) is 12.7. The SMILES string of the molecule is CCCCOc1cccc(CCNOC(=O)C(Br)=Cc2ccccc2)c1. The number of halogens is 1. The molecule has 0 amide bonds. The Morgan fingerprint density at radius 2 is 1.96 bits per heavy atom. The normalized spacial score (nSPS) is 11.2. The minimum absolute atomic E-state index is 0.363. The van der Waals surface area contributed by atoms with E-state index in [-0.39, 0.29) is 0 Å². The van der Waals surface area contributed by atoms with Gasteiger partial charge in [-0.05, 0) is 58.1 Å². The van der Waals surface area contributed by atoms with Crippen LogP contribution in [0.3, 0.4) is 0 Å². The molecule has 138 valence electrons. The molecule has 5 heteroatoms. The summed E-state index contributed by atoms with van der Waals surface area (Å²) in [5.41, 5.74) is 4.76. The maximum atomic E-state index is 11.9. The molecule has 0 bridgehead atoms. The Morgan fingerprint density at radius 3 is 2.73 bits per heavy atom. The maximum absolute atomic E-state index is 11.9. The lowest BCUT2D eigenvalue weighted by atomic mass is 10.1. The van der Waals surface area contributed by atoms with E-state index in [0.717, 1.165) is 42.7 Å². The van der Waals surface area contributed by atoms with E-state index < -0.39 is 5.97 Å². The van der Waals surface area contributed by atoms with Gasteiger partial charge < -0.3 is 9.57 Å². The van der Waals surface area contributed by atoms with Gasteiger partial charge in [-0.3, -0.25) is 0 Å². The van der Waals surface area contributed by atoms with Crippen molar-refractivity contribution in [1.82, 2.24) is 5.48 Å². The van der Waals surface area contributed by atoms with Gasteiger partial charge in [-0.15, -0.1) is 0 Å². The molecule has 26 heavy (non-hydrogen) atoms. The lowest BCUT2D eigenvalue weighted by molar-refractivity contribution is -0.145. The van der Waals surface area contributed by atoms with E-state index >= 15 is 0 Å². The molecule has 0 spiro atoms. The van der Waals surface area contributed by atoms with Crippen molar-refractivity contribution in [3.63, 3.8) is 0 Å². The third-order valence-electron chi connectivity index (χ3n) is 3.63. The van der Waals surface area contributed by atoms with Crippen LogP contribution in [0.4, 0.5) is 0 Å².